The first-order valence-electron chi connectivity index (χ1n) is 4.83. The zero-order chi connectivity index (χ0) is 13.1. The number of nitro groups is 1. The zero-order valence-corrected chi connectivity index (χ0v) is 10.6. The summed E-state index contributed by atoms with van der Waals surface area (Å²) in [4.78, 5) is 14.0. The van der Waals surface area contributed by atoms with Gasteiger partial charge in [-0.1, -0.05) is 11.6 Å². The summed E-state index contributed by atoms with van der Waals surface area (Å²) in [5.41, 5.74) is 6.03. The van der Waals surface area contributed by atoms with Gasteiger partial charge < -0.3 is 10.5 Å². The predicted octanol–water partition coefficient (Wildman–Crippen LogP) is 2.87. The van der Waals surface area contributed by atoms with Crippen molar-refractivity contribution in [2.24, 2.45) is 0 Å². The van der Waals surface area contributed by atoms with Crippen LogP contribution in [0.5, 0.6) is 5.75 Å². The van der Waals surface area contributed by atoms with Crippen molar-refractivity contribution in [1.82, 2.24) is 4.98 Å². The van der Waals surface area contributed by atoms with Crippen molar-refractivity contribution >= 4 is 33.8 Å². The molecule has 0 aliphatic rings. The van der Waals surface area contributed by atoms with Gasteiger partial charge in [-0.05, 0) is 6.07 Å². The molecule has 0 saturated carbocycles. The van der Waals surface area contributed by atoms with Crippen molar-refractivity contribution in [3.8, 4) is 5.75 Å². The Morgan fingerprint density at radius 2 is 2.33 bits per heavy atom. The smallest absolute Gasteiger partial charge is 0.288 e. The van der Waals surface area contributed by atoms with E-state index in [0.717, 1.165) is 0 Å². The molecule has 0 bridgehead atoms. The lowest BCUT2D eigenvalue weighted by Crippen LogP contribution is -1.97. The molecule has 0 unspecified atom stereocenters. The summed E-state index contributed by atoms with van der Waals surface area (Å²) >= 11 is 7.08. The van der Waals surface area contributed by atoms with E-state index >= 15 is 0 Å². The van der Waals surface area contributed by atoms with Gasteiger partial charge in [0.15, 0.2) is 5.13 Å². The molecule has 18 heavy (non-hydrogen) atoms. The van der Waals surface area contributed by atoms with E-state index in [2.05, 4.69) is 4.98 Å². The molecular formula is C10H8ClN3O3S. The van der Waals surface area contributed by atoms with Gasteiger partial charge in [-0.15, -0.1) is 11.3 Å². The molecule has 0 spiro atoms. The summed E-state index contributed by atoms with van der Waals surface area (Å²) in [6, 6.07) is 4.18. The van der Waals surface area contributed by atoms with E-state index in [-0.39, 0.29) is 17.3 Å². The van der Waals surface area contributed by atoms with Crippen molar-refractivity contribution in [3.63, 3.8) is 0 Å². The van der Waals surface area contributed by atoms with Crippen LogP contribution in [0.1, 0.15) is 5.69 Å². The van der Waals surface area contributed by atoms with E-state index < -0.39 is 4.92 Å². The number of thiazole rings is 1. The predicted molar refractivity (Wildman–Crippen MR) is 69.0 cm³/mol. The number of hydrogen-bond acceptors (Lipinski definition) is 6. The minimum atomic E-state index is -0.548. The lowest BCUT2D eigenvalue weighted by molar-refractivity contribution is -0.384. The molecule has 1 heterocycles. The van der Waals surface area contributed by atoms with Gasteiger partial charge in [0.25, 0.3) is 5.69 Å². The maximum absolute atomic E-state index is 10.6. The van der Waals surface area contributed by atoms with Gasteiger partial charge in [-0.3, -0.25) is 10.1 Å². The maximum atomic E-state index is 10.6. The number of halogens is 1. The number of nitrogen functional groups attached to an aromatic ring is 1. The fourth-order valence-electron chi connectivity index (χ4n) is 1.27. The van der Waals surface area contributed by atoms with Gasteiger partial charge in [-0.2, -0.15) is 0 Å². The standard InChI is InChI=1S/C10H8ClN3O3S/c11-8-3-7(1-2-9(8)14(15)16)17-4-6-5-18-10(12)13-6/h1-3,5H,4H2,(H2,12,13). The minimum absolute atomic E-state index is 0.0373. The first kappa shape index (κ1) is 12.6. The normalized spacial score (nSPS) is 10.3. The van der Waals surface area contributed by atoms with Crippen molar-refractivity contribution in [2.45, 2.75) is 6.61 Å². The number of benzene rings is 1. The Morgan fingerprint density at radius 1 is 1.56 bits per heavy atom. The number of nitrogens with two attached hydrogens (primary N) is 1. The molecule has 0 fully saturated rings. The van der Waals surface area contributed by atoms with Gasteiger partial charge in [0, 0.05) is 17.5 Å². The third-order valence-electron chi connectivity index (χ3n) is 2.07. The molecule has 0 saturated heterocycles. The van der Waals surface area contributed by atoms with Crippen LogP contribution in [0.3, 0.4) is 0 Å². The lowest BCUT2D eigenvalue weighted by Gasteiger charge is -2.04. The van der Waals surface area contributed by atoms with Crippen LogP contribution in [-0.4, -0.2) is 9.91 Å². The van der Waals surface area contributed by atoms with Crippen LogP contribution in [0, 0.1) is 10.1 Å². The number of nitro benzene ring substituents is 1. The number of anilines is 1. The average Bonchev–Trinajstić information content (AvgIpc) is 2.72. The number of nitrogens with zero attached hydrogens (tertiary/aromatic N) is 2. The highest BCUT2D eigenvalue weighted by molar-refractivity contribution is 7.13. The van der Waals surface area contributed by atoms with Crippen LogP contribution in [0.2, 0.25) is 5.02 Å². The van der Waals surface area contributed by atoms with Crippen LogP contribution in [0.25, 0.3) is 0 Å². The molecule has 0 amide bonds. The third-order valence-corrected chi connectivity index (χ3v) is 3.10. The summed E-state index contributed by atoms with van der Waals surface area (Å²) in [5.74, 6) is 0.442. The van der Waals surface area contributed by atoms with E-state index in [4.69, 9.17) is 22.1 Å². The zero-order valence-electron chi connectivity index (χ0n) is 9.00. The summed E-state index contributed by atoms with van der Waals surface area (Å²) in [6.45, 7) is 0.238. The Balaban J connectivity index is 2.06. The van der Waals surface area contributed by atoms with Crippen molar-refractivity contribution in [2.75, 3.05) is 5.73 Å². The summed E-state index contributed by atoms with van der Waals surface area (Å²) in [5, 5.41) is 12.9. The Kier molecular flexibility index (Phi) is 3.63. The number of ether oxygens (including phenoxy) is 1. The van der Waals surface area contributed by atoms with Crippen LogP contribution < -0.4 is 10.5 Å². The fraction of sp³-hybridized carbons (Fsp3) is 0.100. The van der Waals surface area contributed by atoms with Crippen molar-refractivity contribution in [3.05, 3.63) is 44.4 Å². The third kappa shape index (κ3) is 2.88. The minimum Gasteiger partial charge on any atom is -0.487 e. The number of hydrogen-bond donors (Lipinski definition) is 1. The first-order valence-corrected chi connectivity index (χ1v) is 6.08. The fourth-order valence-corrected chi connectivity index (χ4v) is 2.06. The molecule has 0 atom stereocenters. The molecule has 0 radical (unpaired) electrons. The molecule has 2 rings (SSSR count). The maximum Gasteiger partial charge on any atom is 0.288 e. The summed E-state index contributed by atoms with van der Waals surface area (Å²) < 4.78 is 5.40. The second kappa shape index (κ2) is 5.19. The van der Waals surface area contributed by atoms with E-state index in [1.165, 1.54) is 29.5 Å². The molecule has 94 valence electrons. The van der Waals surface area contributed by atoms with Gasteiger partial charge in [-0.25, -0.2) is 4.98 Å². The van der Waals surface area contributed by atoms with Crippen LogP contribution in [-0.2, 0) is 6.61 Å². The number of aromatic nitrogens is 1. The van der Waals surface area contributed by atoms with E-state index in [1.807, 2.05) is 0 Å². The van der Waals surface area contributed by atoms with E-state index in [0.29, 0.717) is 16.6 Å². The second-order valence-electron chi connectivity index (χ2n) is 3.34. The molecule has 6 nitrogen and oxygen atoms in total. The SMILES string of the molecule is Nc1nc(COc2ccc([N+](=O)[O-])c(Cl)c2)cs1. The molecule has 0 aliphatic heterocycles. The average molecular weight is 286 g/mol. The highest BCUT2D eigenvalue weighted by Crippen LogP contribution is 2.28. The second-order valence-corrected chi connectivity index (χ2v) is 4.63. The number of rotatable bonds is 4. The van der Waals surface area contributed by atoms with Gasteiger partial charge >= 0.3 is 0 Å². The summed E-state index contributed by atoms with van der Waals surface area (Å²) in [7, 11) is 0. The first-order chi connectivity index (χ1) is 8.56. The van der Waals surface area contributed by atoms with E-state index in [1.54, 1.807) is 5.38 Å². The lowest BCUT2D eigenvalue weighted by atomic mass is 10.3. The van der Waals surface area contributed by atoms with Gasteiger partial charge in [0.1, 0.15) is 17.4 Å². The highest BCUT2D eigenvalue weighted by Gasteiger charge is 2.12. The molecule has 1 aromatic carbocycles. The molecule has 0 aliphatic carbocycles. The summed E-state index contributed by atoms with van der Waals surface area (Å²) in [6.07, 6.45) is 0. The molecule has 2 aromatic rings. The molecule has 8 heteroatoms. The van der Waals surface area contributed by atoms with Crippen molar-refractivity contribution in [1.29, 1.82) is 0 Å². The van der Waals surface area contributed by atoms with E-state index in [9.17, 15) is 10.1 Å². The van der Waals surface area contributed by atoms with Crippen LogP contribution in [0.4, 0.5) is 10.8 Å². The van der Waals surface area contributed by atoms with Gasteiger partial charge in [0.05, 0.1) is 10.6 Å². The van der Waals surface area contributed by atoms with Crippen LogP contribution >= 0.6 is 22.9 Å². The van der Waals surface area contributed by atoms with Gasteiger partial charge in [0.2, 0.25) is 0 Å². The Hall–Kier alpha value is -1.86. The molecule has 1 aromatic heterocycles. The molecule has 2 N–H and O–H groups in total. The Morgan fingerprint density at radius 3 is 2.89 bits per heavy atom. The molecular weight excluding hydrogens is 278 g/mol. The largest absolute Gasteiger partial charge is 0.487 e. The topological polar surface area (TPSA) is 91.3 Å². The Bertz CT molecular complexity index is 587. The Labute approximate surface area is 111 Å². The van der Waals surface area contributed by atoms with Crippen LogP contribution in [0.15, 0.2) is 23.6 Å². The van der Waals surface area contributed by atoms with Crippen molar-refractivity contribution < 1.29 is 9.66 Å². The monoisotopic (exact) mass is 285 g/mol. The highest BCUT2D eigenvalue weighted by atomic mass is 35.5. The quantitative estimate of drug-likeness (QED) is 0.689.